The highest BCUT2D eigenvalue weighted by Gasteiger charge is 2.57. The van der Waals surface area contributed by atoms with Gasteiger partial charge in [-0.2, -0.15) is 22.0 Å². The summed E-state index contributed by atoms with van der Waals surface area (Å²) < 4.78 is 109. The Morgan fingerprint density at radius 1 is 0.781 bits per heavy atom. The summed E-state index contributed by atoms with van der Waals surface area (Å²) in [7, 11) is 0. The Bertz CT molecular complexity index is 1060. The van der Waals surface area contributed by atoms with Crippen LogP contribution in [-0.2, 0) is 12.3 Å². The Hall–Kier alpha value is -2.90. The molecule has 0 N–H and O–H groups in total. The predicted molar refractivity (Wildman–Crippen MR) is 106 cm³/mol. The number of hydrogen-bond acceptors (Lipinski definition) is 0. The van der Waals surface area contributed by atoms with Crippen LogP contribution in [0.25, 0.3) is 22.3 Å². The SMILES string of the molecule is CCCc1ccc(-c2cc(C(F)(F)C(F)C(F)(F)F)ccc2-c2c(F)cccc2F)cc1. The summed E-state index contributed by atoms with van der Waals surface area (Å²) in [5.41, 5.74) is -0.924. The van der Waals surface area contributed by atoms with Crippen LogP contribution in [0.5, 0.6) is 0 Å². The molecule has 3 rings (SSSR count). The first-order valence-electron chi connectivity index (χ1n) is 9.73. The Morgan fingerprint density at radius 2 is 1.38 bits per heavy atom. The van der Waals surface area contributed by atoms with Gasteiger partial charge in [0.25, 0.3) is 6.17 Å². The first-order valence-corrected chi connectivity index (χ1v) is 9.73. The lowest BCUT2D eigenvalue weighted by molar-refractivity contribution is -0.248. The molecule has 3 aromatic carbocycles. The second kappa shape index (κ2) is 8.92. The number of hydrogen-bond donors (Lipinski definition) is 0. The van der Waals surface area contributed by atoms with Gasteiger partial charge in [0, 0.05) is 5.56 Å². The number of halogens is 8. The molecule has 0 aromatic heterocycles. The first-order chi connectivity index (χ1) is 15.0. The van der Waals surface area contributed by atoms with E-state index in [9.17, 15) is 35.1 Å². The molecule has 0 aliphatic carbocycles. The summed E-state index contributed by atoms with van der Waals surface area (Å²) in [6.07, 6.45) is -8.67. The summed E-state index contributed by atoms with van der Waals surface area (Å²) in [6, 6.07) is 11.5. The van der Waals surface area contributed by atoms with Gasteiger partial charge < -0.3 is 0 Å². The van der Waals surface area contributed by atoms with Gasteiger partial charge in [-0.05, 0) is 46.9 Å². The minimum Gasteiger partial charge on any atom is -0.230 e. The van der Waals surface area contributed by atoms with Crippen molar-refractivity contribution in [2.45, 2.75) is 38.0 Å². The van der Waals surface area contributed by atoms with Crippen molar-refractivity contribution in [3.63, 3.8) is 0 Å². The maximum Gasteiger partial charge on any atom is 0.426 e. The highest BCUT2D eigenvalue weighted by Crippen LogP contribution is 2.45. The van der Waals surface area contributed by atoms with Gasteiger partial charge in [0.15, 0.2) is 0 Å². The largest absolute Gasteiger partial charge is 0.426 e. The van der Waals surface area contributed by atoms with Crippen LogP contribution in [-0.4, -0.2) is 12.3 Å². The maximum atomic E-state index is 14.4. The van der Waals surface area contributed by atoms with Crippen LogP contribution in [0.4, 0.5) is 35.1 Å². The summed E-state index contributed by atoms with van der Waals surface area (Å²) in [5.74, 6) is -6.86. The van der Waals surface area contributed by atoms with E-state index in [4.69, 9.17) is 0 Å². The Kier molecular flexibility index (Phi) is 6.62. The summed E-state index contributed by atoms with van der Waals surface area (Å²) in [4.78, 5) is 0. The van der Waals surface area contributed by atoms with Crippen LogP contribution in [0.2, 0.25) is 0 Å². The Labute approximate surface area is 179 Å². The highest BCUT2D eigenvalue weighted by atomic mass is 19.4. The molecule has 3 aromatic rings. The van der Waals surface area contributed by atoms with Crippen molar-refractivity contribution in [1.29, 1.82) is 0 Å². The molecular weight excluding hydrogens is 440 g/mol. The molecular formula is C24H18F8. The second-order valence-electron chi connectivity index (χ2n) is 7.33. The normalized spacial score (nSPS) is 13.3. The van der Waals surface area contributed by atoms with E-state index in [1.165, 1.54) is 12.1 Å². The minimum absolute atomic E-state index is 0.147. The average molecular weight is 458 g/mol. The van der Waals surface area contributed by atoms with Gasteiger partial charge in [-0.15, -0.1) is 0 Å². The molecule has 8 heteroatoms. The van der Waals surface area contributed by atoms with E-state index in [1.807, 2.05) is 6.92 Å². The lowest BCUT2D eigenvalue weighted by Gasteiger charge is -2.24. The van der Waals surface area contributed by atoms with Crippen LogP contribution in [0.15, 0.2) is 60.7 Å². The second-order valence-corrected chi connectivity index (χ2v) is 7.33. The fourth-order valence-electron chi connectivity index (χ4n) is 3.46. The molecule has 0 saturated carbocycles. The Morgan fingerprint density at radius 3 is 1.91 bits per heavy atom. The number of benzene rings is 3. The van der Waals surface area contributed by atoms with Crippen molar-refractivity contribution in [3.8, 4) is 22.3 Å². The summed E-state index contributed by atoms with van der Waals surface area (Å²) in [5, 5.41) is 0. The van der Waals surface area contributed by atoms with E-state index in [-0.39, 0.29) is 16.7 Å². The monoisotopic (exact) mass is 458 g/mol. The molecule has 0 saturated heterocycles. The molecule has 0 aliphatic heterocycles. The van der Waals surface area contributed by atoms with Crippen molar-refractivity contribution in [1.82, 2.24) is 0 Å². The van der Waals surface area contributed by atoms with E-state index in [2.05, 4.69) is 0 Å². The van der Waals surface area contributed by atoms with Crippen LogP contribution in [0.3, 0.4) is 0 Å². The molecule has 0 radical (unpaired) electrons. The van der Waals surface area contributed by atoms with Gasteiger partial charge in [0.1, 0.15) is 11.6 Å². The van der Waals surface area contributed by atoms with E-state index < -0.39 is 41.0 Å². The minimum atomic E-state index is -5.79. The fourth-order valence-corrected chi connectivity index (χ4v) is 3.46. The van der Waals surface area contributed by atoms with Crippen molar-refractivity contribution in [2.75, 3.05) is 0 Å². The van der Waals surface area contributed by atoms with Crippen LogP contribution in [0, 0.1) is 11.6 Å². The molecule has 1 unspecified atom stereocenters. The van der Waals surface area contributed by atoms with Gasteiger partial charge in [0.2, 0.25) is 0 Å². The van der Waals surface area contributed by atoms with E-state index in [0.717, 1.165) is 42.7 Å². The zero-order valence-electron chi connectivity index (χ0n) is 16.8. The third kappa shape index (κ3) is 4.64. The van der Waals surface area contributed by atoms with Gasteiger partial charge >= 0.3 is 12.1 Å². The topological polar surface area (TPSA) is 0 Å². The van der Waals surface area contributed by atoms with E-state index >= 15 is 0 Å². The van der Waals surface area contributed by atoms with Crippen molar-refractivity contribution >= 4 is 0 Å². The number of rotatable bonds is 6. The lowest BCUT2D eigenvalue weighted by atomic mass is 9.89. The first kappa shape index (κ1) is 23.8. The van der Waals surface area contributed by atoms with Gasteiger partial charge in [-0.25, -0.2) is 13.2 Å². The molecule has 0 spiro atoms. The van der Waals surface area contributed by atoms with E-state index in [0.29, 0.717) is 12.1 Å². The molecule has 0 fully saturated rings. The zero-order valence-corrected chi connectivity index (χ0v) is 16.8. The third-order valence-electron chi connectivity index (χ3n) is 5.05. The Balaban J connectivity index is 2.23. The molecule has 0 nitrogen and oxygen atoms in total. The lowest BCUT2D eigenvalue weighted by Crippen LogP contribution is -2.39. The van der Waals surface area contributed by atoms with Gasteiger partial charge in [-0.3, -0.25) is 0 Å². The third-order valence-corrected chi connectivity index (χ3v) is 5.05. The highest BCUT2D eigenvalue weighted by molar-refractivity contribution is 5.84. The summed E-state index contributed by atoms with van der Waals surface area (Å²) >= 11 is 0. The number of alkyl halides is 6. The van der Waals surface area contributed by atoms with E-state index in [1.54, 1.807) is 12.1 Å². The zero-order chi connectivity index (χ0) is 23.7. The molecule has 32 heavy (non-hydrogen) atoms. The van der Waals surface area contributed by atoms with Crippen LogP contribution >= 0.6 is 0 Å². The van der Waals surface area contributed by atoms with Crippen molar-refractivity contribution in [2.24, 2.45) is 0 Å². The van der Waals surface area contributed by atoms with Crippen LogP contribution < -0.4 is 0 Å². The average Bonchev–Trinajstić information content (AvgIpc) is 2.73. The van der Waals surface area contributed by atoms with Crippen molar-refractivity contribution in [3.05, 3.63) is 83.4 Å². The fraction of sp³-hybridized carbons (Fsp3) is 0.250. The molecule has 0 bridgehead atoms. The van der Waals surface area contributed by atoms with Gasteiger partial charge in [0.05, 0.1) is 5.56 Å². The smallest absolute Gasteiger partial charge is 0.230 e. The molecule has 1 atom stereocenters. The van der Waals surface area contributed by atoms with Crippen molar-refractivity contribution < 1.29 is 35.1 Å². The molecule has 170 valence electrons. The standard InChI is InChI=1S/C24H18F8/c1-2-4-14-7-9-15(10-8-14)18-13-16(23(28,29)22(27)24(30,31)32)11-12-17(18)21-19(25)5-3-6-20(21)26/h3,5-13,22H,2,4H2,1H3. The molecule has 0 amide bonds. The predicted octanol–water partition coefficient (Wildman–Crippen LogP) is 8.24. The summed E-state index contributed by atoms with van der Waals surface area (Å²) in [6.45, 7) is 1.95. The quantitative estimate of drug-likeness (QED) is 0.326. The maximum absolute atomic E-state index is 14.4. The molecule has 0 heterocycles. The number of aryl methyl sites for hydroxylation is 1. The molecule has 0 aliphatic rings. The van der Waals surface area contributed by atoms with Crippen LogP contribution in [0.1, 0.15) is 24.5 Å². The van der Waals surface area contributed by atoms with Gasteiger partial charge in [-0.1, -0.05) is 55.8 Å².